The maximum absolute atomic E-state index is 10.2. The first-order chi connectivity index (χ1) is 17.4. The zero-order chi connectivity index (χ0) is 24.8. The molecule has 2 heterocycles. The average molecular weight is 481 g/mol. The molecule has 5 heteroatoms. The Bertz CT molecular complexity index is 1320. The van der Waals surface area contributed by atoms with E-state index in [1.165, 1.54) is 36.8 Å². The van der Waals surface area contributed by atoms with E-state index in [0.717, 1.165) is 22.9 Å². The van der Waals surface area contributed by atoms with Crippen LogP contribution in [0.2, 0.25) is 0 Å². The molecule has 0 radical (unpaired) electrons. The standard InChI is InChI=1S/C31H32N2O3/c1-30(2,34)29-18-28(36-33-29)22-7-10-23(11-8-22)31(19-21-6-9-25(31)17-21)24-12-14-27(15-13-24)35-20-26-5-3-4-16-32-26/h3-5,7-8,10-16,18,21,25,34H,6,9,17,19-20H2,1-2H3/t21?,25?,31-/m1/s1. The van der Waals surface area contributed by atoms with Crippen LogP contribution in [0, 0.1) is 11.8 Å². The van der Waals surface area contributed by atoms with Crippen LogP contribution in [0.5, 0.6) is 5.75 Å². The molecule has 0 saturated heterocycles. The van der Waals surface area contributed by atoms with E-state index in [1.54, 1.807) is 20.0 Å². The van der Waals surface area contributed by atoms with E-state index in [-0.39, 0.29) is 5.41 Å². The topological polar surface area (TPSA) is 68.4 Å². The first-order valence-corrected chi connectivity index (χ1v) is 12.9. The summed E-state index contributed by atoms with van der Waals surface area (Å²) in [6, 6.07) is 25.2. The maximum atomic E-state index is 10.2. The number of benzene rings is 2. The highest BCUT2D eigenvalue weighted by Crippen LogP contribution is 2.60. The van der Waals surface area contributed by atoms with Crippen LogP contribution < -0.4 is 4.74 Å². The number of hydrogen-bond acceptors (Lipinski definition) is 5. The molecule has 3 atom stereocenters. The van der Waals surface area contributed by atoms with Gasteiger partial charge in [0.05, 0.1) is 5.69 Å². The van der Waals surface area contributed by atoms with Crippen LogP contribution in [-0.2, 0) is 17.6 Å². The van der Waals surface area contributed by atoms with Crippen LogP contribution in [-0.4, -0.2) is 15.2 Å². The fourth-order valence-corrected chi connectivity index (χ4v) is 6.32. The van der Waals surface area contributed by atoms with Crippen molar-refractivity contribution in [1.82, 2.24) is 10.1 Å². The van der Waals surface area contributed by atoms with Gasteiger partial charge >= 0.3 is 0 Å². The molecule has 2 saturated carbocycles. The molecule has 4 aromatic rings. The molecule has 5 nitrogen and oxygen atoms in total. The molecule has 2 aliphatic rings. The fourth-order valence-electron chi connectivity index (χ4n) is 6.32. The highest BCUT2D eigenvalue weighted by Gasteiger charge is 2.52. The quantitative estimate of drug-likeness (QED) is 0.321. The van der Waals surface area contributed by atoms with Crippen molar-refractivity contribution in [3.05, 3.63) is 102 Å². The molecule has 184 valence electrons. The molecule has 2 aromatic carbocycles. The van der Waals surface area contributed by atoms with Gasteiger partial charge in [-0.3, -0.25) is 4.98 Å². The van der Waals surface area contributed by atoms with Gasteiger partial charge in [-0.1, -0.05) is 54.0 Å². The summed E-state index contributed by atoms with van der Waals surface area (Å²) in [5, 5.41) is 14.3. The Hall–Kier alpha value is -3.44. The van der Waals surface area contributed by atoms with Gasteiger partial charge in [0.25, 0.3) is 0 Å². The number of rotatable bonds is 7. The van der Waals surface area contributed by atoms with Crippen molar-refractivity contribution >= 4 is 0 Å². The van der Waals surface area contributed by atoms with Gasteiger partial charge in [0.1, 0.15) is 23.7 Å². The summed E-state index contributed by atoms with van der Waals surface area (Å²) in [7, 11) is 0. The van der Waals surface area contributed by atoms with E-state index in [2.05, 4.69) is 58.7 Å². The number of aromatic nitrogens is 2. The third-order valence-electron chi connectivity index (χ3n) is 8.15. The minimum absolute atomic E-state index is 0.0284. The zero-order valence-electron chi connectivity index (χ0n) is 20.9. The van der Waals surface area contributed by atoms with Crippen molar-refractivity contribution in [2.24, 2.45) is 11.8 Å². The Morgan fingerprint density at radius 3 is 2.33 bits per heavy atom. The first-order valence-electron chi connectivity index (χ1n) is 12.9. The number of hydrogen-bond donors (Lipinski definition) is 1. The van der Waals surface area contributed by atoms with E-state index >= 15 is 0 Å². The predicted molar refractivity (Wildman–Crippen MR) is 138 cm³/mol. The van der Waals surface area contributed by atoms with Crippen molar-refractivity contribution in [3.63, 3.8) is 0 Å². The lowest BCUT2D eigenvalue weighted by molar-refractivity contribution is 0.0701. The molecule has 0 spiro atoms. The largest absolute Gasteiger partial charge is 0.487 e. The Morgan fingerprint density at radius 1 is 1.00 bits per heavy atom. The number of pyridine rings is 1. The lowest BCUT2D eigenvalue weighted by Gasteiger charge is -2.39. The molecule has 2 bridgehead atoms. The summed E-state index contributed by atoms with van der Waals surface area (Å²) >= 11 is 0. The summed E-state index contributed by atoms with van der Waals surface area (Å²) in [6.45, 7) is 3.89. The second-order valence-corrected chi connectivity index (χ2v) is 10.9. The summed E-state index contributed by atoms with van der Waals surface area (Å²) in [5.74, 6) is 2.99. The van der Waals surface area contributed by atoms with E-state index < -0.39 is 5.60 Å². The molecule has 2 fully saturated rings. The molecule has 2 aliphatic carbocycles. The Labute approximate surface area is 212 Å². The third kappa shape index (κ3) is 4.11. The van der Waals surface area contributed by atoms with Crippen LogP contribution in [0.1, 0.15) is 62.0 Å². The highest BCUT2D eigenvalue weighted by molar-refractivity contribution is 5.59. The number of aliphatic hydroxyl groups is 1. The summed E-state index contributed by atoms with van der Waals surface area (Å²) in [6.07, 6.45) is 6.91. The van der Waals surface area contributed by atoms with E-state index in [9.17, 15) is 5.11 Å². The predicted octanol–water partition coefficient (Wildman–Crippen LogP) is 6.65. The van der Waals surface area contributed by atoms with Crippen LogP contribution in [0.4, 0.5) is 0 Å². The number of fused-ring (bicyclic) bond motifs is 2. The van der Waals surface area contributed by atoms with Gasteiger partial charge in [0.2, 0.25) is 0 Å². The zero-order valence-corrected chi connectivity index (χ0v) is 20.9. The van der Waals surface area contributed by atoms with Gasteiger partial charge in [-0.15, -0.1) is 0 Å². The van der Waals surface area contributed by atoms with Crippen LogP contribution in [0.3, 0.4) is 0 Å². The van der Waals surface area contributed by atoms with Crippen molar-refractivity contribution in [1.29, 1.82) is 0 Å². The molecule has 1 N–H and O–H groups in total. The minimum Gasteiger partial charge on any atom is -0.487 e. The Balaban J connectivity index is 1.27. The molecular formula is C31H32N2O3. The van der Waals surface area contributed by atoms with E-state index in [0.29, 0.717) is 24.0 Å². The normalized spacial score (nSPS) is 23.2. The number of ether oxygens (including phenoxy) is 1. The van der Waals surface area contributed by atoms with Crippen molar-refractivity contribution in [2.75, 3.05) is 0 Å². The molecular weight excluding hydrogens is 448 g/mol. The second-order valence-electron chi connectivity index (χ2n) is 10.9. The second kappa shape index (κ2) is 8.90. The van der Waals surface area contributed by atoms with Gasteiger partial charge in [-0.25, -0.2) is 0 Å². The summed E-state index contributed by atoms with van der Waals surface area (Å²) in [4.78, 5) is 4.35. The molecule has 2 aromatic heterocycles. The minimum atomic E-state index is -1.03. The SMILES string of the molecule is CC(C)(O)c1cc(-c2ccc([C@@]3(c4ccc(OCc5ccccn5)cc4)CC4CCC3C4)cc2)on1. The highest BCUT2D eigenvalue weighted by atomic mass is 16.5. The monoisotopic (exact) mass is 480 g/mol. The van der Waals surface area contributed by atoms with Crippen molar-refractivity contribution in [2.45, 2.75) is 57.2 Å². The molecule has 6 rings (SSSR count). The lowest BCUT2D eigenvalue weighted by atomic mass is 9.64. The van der Waals surface area contributed by atoms with E-state index in [4.69, 9.17) is 9.26 Å². The van der Waals surface area contributed by atoms with Crippen molar-refractivity contribution in [3.8, 4) is 17.1 Å². The van der Waals surface area contributed by atoms with Crippen molar-refractivity contribution < 1.29 is 14.4 Å². The Kier molecular flexibility index (Phi) is 5.68. The van der Waals surface area contributed by atoms with E-state index in [1.807, 2.05) is 24.3 Å². The average Bonchev–Trinajstić information content (AvgIpc) is 3.65. The maximum Gasteiger partial charge on any atom is 0.167 e. The first kappa shape index (κ1) is 23.0. The molecule has 2 unspecified atom stereocenters. The fraction of sp³-hybridized carbons (Fsp3) is 0.355. The summed E-state index contributed by atoms with van der Waals surface area (Å²) < 4.78 is 11.5. The van der Waals surface area contributed by atoms with Gasteiger partial charge in [0.15, 0.2) is 5.76 Å². The smallest absolute Gasteiger partial charge is 0.167 e. The van der Waals surface area contributed by atoms with Gasteiger partial charge in [-0.05, 0) is 80.3 Å². The molecule has 0 aliphatic heterocycles. The van der Waals surface area contributed by atoms with Gasteiger partial charge in [0, 0.05) is 23.2 Å². The lowest BCUT2D eigenvalue weighted by Crippen LogP contribution is -2.33. The Morgan fingerprint density at radius 2 is 1.75 bits per heavy atom. The molecule has 36 heavy (non-hydrogen) atoms. The van der Waals surface area contributed by atoms with Crippen LogP contribution in [0.25, 0.3) is 11.3 Å². The number of nitrogens with zero attached hydrogens (tertiary/aromatic N) is 2. The van der Waals surface area contributed by atoms with Gasteiger partial charge in [-0.2, -0.15) is 0 Å². The van der Waals surface area contributed by atoms with Gasteiger partial charge < -0.3 is 14.4 Å². The van der Waals surface area contributed by atoms with Crippen LogP contribution in [0.15, 0.2) is 83.5 Å². The van der Waals surface area contributed by atoms with Crippen LogP contribution >= 0.6 is 0 Å². The third-order valence-corrected chi connectivity index (χ3v) is 8.15. The summed E-state index contributed by atoms with van der Waals surface area (Å²) in [5.41, 5.74) is 4.17. The molecule has 0 amide bonds.